The van der Waals surface area contributed by atoms with Crippen molar-refractivity contribution in [2.24, 2.45) is 0 Å². The van der Waals surface area contributed by atoms with E-state index in [2.05, 4.69) is 25.2 Å². The molecule has 1 aromatic carbocycles. The standard InChI is InChI=1S/C14H20N2/c1-3-6-13(7-4-2)16-14-9-5-8-12(10-14)11-15/h5,8-10,13,16H,3-4,6-7H2,1-2H3. The van der Waals surface area contributed by atoms with Gasteiger partial charge in [0, 0.05) is 11.7 Å². The van der Waals surface area contributed by atoms with E-state index in [1.165, 1.54) is 25.7 Å². The highest BCUT2D eigenvalue weighted by Gasteiger charge is 2.06. The Morgan fingerprint density at radius 2 is 1.94 bits per heavy atom. The molecular weight excluding hydrogens is 196 g/mol. The van der Waals surface area contributed by atoms with Crippen LogP contribution in [0.25, 0.3) is 0 Å². The molecule has 16 heavy (non-hydrogen) atoms. The third-order valence-corrected chi connectivity index (χ3v) is 2.64. The number of benzene rings is 1. The highest BCUT2D eigenvalue weighted by Crippen LogP contribution is 2.15. The van der Waals surface area contributed by atoms with Gasteiger partial charge in [-0.05, 0) is 31.0 Å². The number of nitrogens with zero attached hydrogens (tertiary/aromatic N) is 1. The maximum Gasteiger partial charge on any atom is 0.0992 e. The van der Waals surface area contributed by atoms with Gasteiger partial charge < -0.3 is 5.32 Å². The quantitative estimate of drug-likeness (QED) is 0.781. The number of hydrogen-bond acceptors (Lipinski definition) is 2. The van der Waals surface area contributed by atoms with Crippen molar-refractivity contribution in [3.63, 3.8) is 0 Å². The zero-order chi connectivity index (χ0) is 11.8. The second kappa shape index (κ2) is 6.90. The van der Waals surface area contributed by atoms with Gasteiger partial charge in [0.2, 0.25) is 0 Å². The SMILES string of the molecule is CCCC(CCC)Nc1cccc(C#N)c1. The Labute approximate surface area is 98.3 Å². The zero-order valence-electron chi connectivity index (χ0n) is 10.2. The molecule has 0 spiro atoms. The van der Waals surface area contributed by atoms with E-state index in [1.807, 2.05) is 24.3 Å². The Kier molecular flexibility index (Phi) is 5.42. The minimum Gasteiger partial charge on any atom is -0.382 e. The van der Waals surface area contributed by atoms with Crippen LogP contribution in [0.5, 0.6) is 0 Å². The fourth-order valence-corrected chi connectivity index (χ4v) is 1.90. The maximum atomic E-state index is 8.83. The smallest absolute Gasteiger partial charge is 0.0992 e. The minimum atomic E-state index is 0.531. The van der Waals surface area contributed by atoms with Gasteiger partial charge in [-0.15, -0.1) is 0 Å². The van der Waals surface area contributed by atoms with Gasteiger partial charge in [0.1, 0.15) is 0 Å². The molecule has 0 amide bonds. The van der Waals surface area contributed by atoms with Crippen LogP contribution in [0.3, 0.4) is 0 Å². The lowest BCUT2D eigenvalue weighted by Crippen LogP contribution is -2.18. The van der Waals surface area contributed by atoms with Crippen molar-refractivity contribution in [2.45, 2.75) is 45.6 Å². The largest absolute Gasteiger partial charge is 0.382 e. The van der Waals surface area contributed by atoms with Crippen molar-refractivity contribution in [3.05, 3.63) is 29.8 Å². The molecule has 0 saturated carbocycles. The first-order valence-electron chi connectivity index (χ1n) is 6.06. The number of anilines is 1. The summed E-state index contributed by atoms with van der Waals surface area (Å²) in [6, 6.07) is 10.4. The van der Waals surface area contributed by atoms with Gasteiger partial charge in [-0.25, -0.2) is 0 Å². The molecule has 0 unspecified atom stereocenters. The van der Waals surface area contributed by atoms with Gasteiger partial charge in [-0.1, -0.05) is 32.8 Å². The second-order valence-electron chi connectivity index (χ2n) is 4.11. The zero-order valence-corrected chi connectivity index (χ0v) is 10.2. The highest BCUT2D eigenvalue weighted by molar-refractivity contribution is 5.49. The summed E-state index contributed by atoms with van der Waals surface area (Å²) in [6.45, 7) is 4.41. The van der Waals surface area contributed by atoms with Gasteiger partial charge in [-0.2, -0.15) is 5.26 Å². The highest BCUT2D eigenvalue weighted by atomic mass is 14.9. The average molecular weight is 216 g/mol. The predicted molar refractivity (Wildman–Crippen MR) is 68.4 cm³/mol. The summed E-state index contributed by atoms with van der Waals surface area (Å²) in [5.41, 5.74) is 1.78. The van der Waals surface area contributed by atoms with E-state index in [-0.39, 0.29) is 0 Å². The van der Waals surface area contributed by atoms with E-state index in [0.29, 0.717) is 6.04 Å². The molecule has 1 N–H and O–H groups in total. The van der Waals surface area contributed by atoms with Crippen LogP contribution in [-0.2, 0) is 0 Å². The summed E-state index contributed by atoms with van der Waals surface area (Å²) in [4.78, 5) is 0. The Bertz CT molecular complexity index is 346. The number of nitrogens with one attached hydrogen (secondary N) is 1. The third-order valence-electron chi connectivity index (χ3n) is 2.64. The van der Waals surface area contributed by atoms with Crippen molar-refractivity contribution < 1.29 is 0 Å². The molecule has 0 aromatic heterocycles. The van der Waals surface area contributed by atoms with E-state index in [0.717, 1.165) is 11.3 Å². The maximum absolute atomic E-state index is 8.83. The molecule has 0 aliphatic heterocycles. The van der Waals surface area contributed by atoms with Crippen molar-refractivity contribution in [1.29, 1.82) is 5.26 Å². The van der Waals surface area contributed by atoms with Crippen molar-refractivity contribution in [2.75, 3.05) is 5.32 Å². The fourth-order valence-electron chi connectivity index (χ4n) is 1.90. The Morgan fingerprint density at radius 1 is 1.25 bits per heavy atom. The minimum absolute atomic E-state index is 0.531. The first-order valence-corrected chi connectivity index (χ1v) is 6.06. The molecule has 2 nitrogen and oxygen atoms in total. The molecule has 86 valence electrons. The molecule has 0 fully saturated rings. The van der Waals surface area contributed by atoms with Crippen LogP contribution < -0.4 is 5.32 Å². The van der Waals surface area contributed by atoms with Gasteiger partial charge in [0.05, 0.1) is 11.6 Å². The van der Waals surface area contributed by atoms with Crippen LogP contribution in [0.15, 0.2) is 24.3 Å². The normalized spacial score (nSPS) is 10.1. The molecule has 0 aliphatic carbocycles. The summed E-state index contributed by atoms with van der Waals surface area (Å²) in [5.74, 6) is 0. The molecule has 0 bridgehead atoms. The lowest BCUT2D eigenvalue weighted by Gasteiger charge is -2.18. The summed E-state index contributed by atoms with van der Waals surface area (Å²) in [6.07, 6.45) is 4.75. The second-order valence-corrected chi connectivity index (χ2v) is 4.11. The molecule has 1 rings (SSSR count). The van der Waals surface area contributed by atoms with E-state index >= 15 is 0 Å². The van der Waals surface area contributed by atoms with Crippen LogP contribution in [0.4, 0.5) is 5.69 Å². The molecule has 0 aliphatic rings. The number of hydrogen-bond donors (Lipinski definition) is 1. The first kappa shape index (κ1) is 12.6. The summed E-state index contributed by atoms with van der Waals surface area (Å²) in [7, 11) is 0. The van der Waals surface area contributed by atoms with Crippen LogP contribution in [0.1, 0.15) is 45.1 Å². The molecular formula is C14H20N2. The van der Waals surface area contributed by atoms with Crippen LogP contribution in [0.2, 0.25) is 0 Å². The van der Waals surface area contributed by atoms with Crippen LogP contribution >= 0.6 is 0 Å². The van der Waals surface area contributed by atoms with Crippen molar-refractivity contribution in [1.82, 2.24) is 0 Å². The van der Waals surface area contributed by atoms with Gasteiger partial charge >= 0.3 is 0 Å². The van der Waals surface area contributed by atoms with Gasteiger partial charge in [-0.3, -0.25) is 0 Å². The molecule has 0 atom stereocenters. The molecule has 0 saturated heterocycles. The number of rotatable bonds is 6. The van der Waals surface area contributed by atoms with E-state index in [9.17, 15) is 0 Å². The van der Waals surface area contributed by atoms with Crippen molar-refractivity contribution in [3.8, 4) is 6.07 Å². The summed E-state index contributed by atoms with van der Waals surface area (Å²) >= 11 is 0. The Hall–Kier alpha value is -1.49. The van der Waals surface area contributed by atoms with E-state index in [4.69, 9.17) is 5.26 Å². The van der Waals surface area contributed by atoms with E-state index < -0.39 is 0 Å². The first-order chi connectivity index (χ1) is 7.80. The topological polar surface area (TPSA) is 35.8 Å². The Balaban J connectivity index is 2.65. The Morgan fingerprint density at radius 3 is 2.50 bits per heavy atom. The molecule has 1 aromatic rings. The monoisotopic (exact) mass is 216 g/mol. The average Bonchev–Trinajstić information content (AvgIpc) is 2.30. The number of nitriles is 1. The predicted octanol–water partition coefficient (Wildman–Crippen LogP) is 3.94. The van der Waals surface area contributed by atoms with E-state index in [1.54, 1.807) is 0 Å². The molecule has 0 heterocycles. The molecule has 0 radical (unpaired) electrons. The lowest BCUT2D eigenvalue weighted by atomic mass is 10.1. The van der Waals surface area contributed by atoms with Gasteiger partial charge in [0.25, 0.3) is 0 Å². The summed E-state index contributed by atoms with van der Waals surface area (Å²) in [5, 5.41) is 12.3. The van der Waals surface area contributed by atoms with Crippen LogP contribution in [-0.4, -0.2) is 6.04 Å². The molecule has 2 heteroatoms. The fraction of sp³-hybridized carbons (Fsp3) is 0.500. The van der Waals surface area contributed by atoms with Crippen molar-refractivity contribution >= 4 is 5.69 Å². The van der Waals surface area contributed by atoms with Gasteiger partial charge in [0.15, 0.2) is 0 Å². The lowest BCUT2D eigenvalue weighted by molar-refractivity contribution is 0.586. The summed E-state index contributed by atoms with van der Waals surface area (Å²) < 4.78 is 0. The third kappa shape index (κ3) is 3.94. The van der Waals surface area contributed by atoms with Crippen LogP contribution in [0, 0.1) is 11.3 Å².